The van der Waals surface area contributed by atoms with Gasteiger partial charge in [0.1, 0.15) is 11.4 Å². The monoisotopic (exact) mass is 296 g/mol. The van der Waals surface area contributed by atoms with E-state index in [1.165, 1.54) is 6.07 Å². The van der Waals surface area contributed by atoms with E-state index in [0.29, 0.717) is 18.1 Å². The molecule has 1 aromatic carbocycles. The highest BCUT2D eigenvalue weighted by Gasteiger charge is 2.06. The fourth-order valence-corrected chi connectivity index (χ4v) is 2.24. The average molecular weight is 296 g/mol. The molecule has 0 fully saturated rings. The Kier molecular flexibility index (Phi) is 3.74. The van der Waals surface area contributed by atoms with Gasteiger partial charge in [-0.05, 0) is 37.3 Å². The Bertz CT molecular complexity index is 856. The predicted octanol–water partition coefficient (Wildman–Crippen LogP) is 2.56. The van der Waals surface area contributed by atoms with Crippen LogP contribution in [0.5, 0.6) is 5.75 Å². The van der Waals surface area contributed by atoms with Crippen LogP contribution in [0.1, 0.15) is 6.92 Å². The van der Waals surface area contributed by atoms with Gasteiger partial charge in [0, 0.05) is 29.9 Å². The Morgan fingerprint density at radius 3 is 2.64 bits per heavy atom. The number of pyridine rings is 1. The minimum atomic E-state index is -0.0657. The zero-order valence-corrected chi connectivity index (χ0v) is 12.4. The van der Waals surface area contributed by atoms with E-state index in [4.69, 9.17) is 4.74 Å². The summed E-state index contributed by atoms with van der Waals surface area (Å²) in [6, 6.07) is 10.7. The number of nitrogens with one attached hydrogen (secondary N) is 1. The Balaban J connectivity index is 1.98. The van der Waals surface area contributed by atoms with E-state index in [1.54, 1.807) is 23.9 Å². The largest absolute Gasteiger partial charge is 0.497 e. The van der Waals surface area contributed by atoms with Crippen LogP contribution in [0.25, 0.3) is 11.0 Å². The summed E-state index contributed by atoms with van der Waals surface area (Å²) in [5.74, 6) is 1.23. The summed E-state index contributed by atoms with van der Waals surface area (Å²) in [5.41, 5.74) is 1.41. The number of aromatic nitrogens is 3. The third-order valence-corrected chi connectivity index (χ3v) is 3.39. The number of nitrogens with zero attached hydrogens (tertiary/aromatic N) is 3. The Morgan fingerprint density at radius 2 is 1.95 bits per heavy atom. The second-order valence-electron chi connectivity index (χ2n) is 4.74. The third kappa shape index (κ3) is 2.63. The van der Waals surface area contributed by atoms with Crippen molar-refractivity contribution in [3.05, 3.63) is 52.9 Å². The smallest absolute Gasteiger partial charge is 0.252 e. The van der Waals surface area contributed by atoms with Gasteiger partial charge in [0.2, 0.25) is 5.95 Å². The van der Waals surface area contributed by atoms with Crippen molar-refractivity contribution in [1.29, 1.82) is 0 Å². The molecule has 0 bridgehead atoms. The lowest BCUT2D eigenvalue weighted by Gasteiger charge is -2.09. The Morgan fingerprint density at radius 1 is 1.18 bits per heavy atom. The average Bonchev–Trinajstić information content (AvgIpc) is 2.55. The van der Waals surface area contributed by atoms with Crippen LogP contribution in [0.3, 0.4) is 0 Å². The highest BCUT2D eigenvalue weighted by Crippen LogP contribution is 2.19. The zero-order chi connectivity index (χ0) is 15.5. The molecule has 0 aliphatic heterocycles. The molecule has 1 N–H and O–H groups in total. The van der Waals surface area contributed by atoms with E-state index in [0.717, 1.165) is 16.8 Å². The number of methoxy groups -OCH3 is 1. The normalized spacial score (nSPS) is 10.6. The highest BCUT2D eigenvalue weighted by molar-refractivity contribution is 5.75. The van der Waals surface area contributed by atoms with Crippen molar-refractivity contribution in [3.8, 4) is 5.75 Å². The molecule has 112 valence electrons. The van der Waals surface area contributed by atoms with Gasteiger partial charge in [-0.3, -0.25) is 9.36 Å². The van der Waals surface area contributed by atoms with Crippen molar-refractivity contribution in [1.82, 2.24) is 14.5 Å². The van der Waals surface area contributed by atoms with E-state index in [2.05, 4.69) is 15.3 Å². The van der Waals surface area contributed by atoms with Crippen molar-refractivity contribution in [2.24, 2.45) is 0 Å². The van der Waals surface area contributed by atoms with Crippen molar-refractivity contribution >= 4 is 22.7 Å². The molecule has 2 heterocycles. The third-order valence-electron chi connectivity index (χ3n) is 3.39. The molecule has 6 nitrogen and oxygen atoms in total. The van der Waals surface area contributed by atoms with Gasteiger partial charge in [-0.1, -0.05) is 0 Å². The number of hydrogen-bond donors (Lipinski definition) is 1. The number of rotatable bonds is 4. The minimum Gasteiger partial charge on any atom is -0.497 e. The maximum absolute atomic E-state index is 11.9. The second kappa shape index (κ2) is 5.85. The summed E-state index contributed by atoms with van der Waals surface area (Å²) < 4.78 is 6.74. The van der Waals surface area contributed by atoms with E-state index in [9.17, 15) is 4.79 Å². The van der Waals surface area contributed by atoms with Gasteiger partial charge in [-0.25, -0.2) is 4.98 Å². The number of hydrogen-bond acceptors (Lipinski definition) is 5. The fourth-order valence-electron chi connectivity index (χ4n) is 2.24. The first-order chi connectivity index (χ1) is 10.7. The molecule has 0 unspecified atom stereocenters. The molecule has 0 amide bonds. The molecule has 0 saturated heterocycles. The zero-order valence-electron chi connectivity index (χ0n) is 12.4. The maximum Gasteiger partial charge on any atom is 0.252 e. The molecular weight excluding hydrogens is 280 g/mol. The van der Waals surface area contributed by atoms with Crippen molar-refractivity contribution in [3.63, 3.8) is 0 Å². The van der Waals surface area contributed by atoms with Crippen molar-refractivity contribution in [2.75, 3.05) is 12.4 Å². The molecule has 2 aromatic heterocycles. The number of benzene rings is 1. The SMILES string of the molecule is CCn1c(=O)ccc2cnc(Nc3ccc(OC)cc3)nc21. The van der Waals surface area contributed by atoms with E-state index < -0.39 is 0 Å². The topological polar surface area (TPSA) is 69.0 Å². The van der Waals surface area contributed by atoms with Gasteiger partial charge in [0.25, 0.3) is 5.56 Å². The van der Waals surface area contributed by atoms with Crippen LogP contribution >= 0.6 is 0 Å². The number of fused-ring (bicyclic) bond motifs is 1. The molecule has 22 heavy (non-hydrogen) atoms. The first kappa shape index (κ1) is 14.1. The molecule has 3 rings (SSSR count). The lowest BCUT2D eigenvalue weighted by molar-refractivity contribution is 0.415. The maximum atomic E-state index is 11.9. The predicted molar refractivity (Wildman–Crippen MR) is 85.7 cm³/mol. The van der Waals surface area contributed by atoms with Crippen LogP contribution < -0.4 is 15.6 Å². The van der Waals surface area contributed by atoms with Gasteiger partial charge in [0.05, 0.1) is 7.11 Å². The summed E-state index contributed by atoms with van der Waals surface area (Å²) in [6.07, 6.45) is 1.71. The first-order valence-electron chi connectivity index (χ1n) is 6.99. The van der Waals surface area contributed by atoms with E-state index in [1.807, 2.05) is 31.2 Å². The summed E-state index contributed by atoms with van der Waals surface area (Å²) in [6.45, 7) is 2.48. The van der Waals surface area contributed by atoms with Crippen molar-refractivity contribution < 1.29 is 4.74 Å². The molecular formula is C16H16N4O2. The lowest BCUT2D eigenvalue weighted by atomic mass is 10.3. The summed E-state index contributed by atoms with van der Waals surface area (Å²) >= 11 is 0. The Labute approximate surface area is 127 Å². The van der Waals surface area contributed by atoms with Crippen LogP contribution in [0.2, 0.25) is 0 Å². The van der Waals surface area contributed by atoms with Crippen LogP contribution in [0.15, 0.2) is 47.4 Å². The number of ether oxygens (including phenoxy) is 1. The van der Waals surface area contributed by atoms with Gasteiger partial charge >= 0.3 is 0 Å². The molecule has 0 aliphatic carbocycles. The van der Waals surface area contributed by atoms with Gasteiger partial charge < -0.3 is 10.1 Å². The quantitative estimate of drug-likeness (QED) is 0.801. The molecule has 6 heteroatoms. The number of aryl methyl sites for hydroxylation is 1. The van der Waals surface area contributed by atoms with Crippen LogP contribution in [-0.2, 0) is 6.54 Å². The standard InChI is InChI=1S/C16H16N4O2/c1-3-20-14(21)9-4-11-10-17-16(19-15(11)20)18-12-5-7-13(22-2)8-6-12/h4-10H,3H2,1-2H3,(H,17,18,19). The van der Waals surface area contributed by atoms with E-state index in [-0.39, 0.29) is 5.56 Å². The molecule has 0 aliphatic rings. The van der Waals surface area contributed by atoms with Crippen molar-refractivity contribution in [2.45, 2.75) is 13.5 Å². The molecule has 0 atom stereocenters. The van der Waals surface area contributed by atoms with Gasteiger partial charge in [0.15, 0.2) is 0 Å². The van der Waals surface area contributed by atoms with Crippen LogP contribution in [0, 0.1) is 0 Å². The first-order valence-corrected chi connectivity index (χ1v) is 6.99. The van der Waals surface area contributed by atoms with Gasteiger partial charge in [-0.2, -0.15) is 4.98 Å². The minimum absolute atomic E-state index is 0.0657. The molecule has 3 aromatic rings. The van der Waals surface area contributed by atoms with Crippen LogP contribution in [-0.4, -0.2) is 21.6 Å². The summed E-state index contributed by atoms with van der Waals surface area (Å²) in [5, 5.41) is 3.96. The summed E-state index contributed by atoms with van der Waals surface area (Å²) in [4.78, 5) is 20.6. The molecule has 0 spiro atoms. The lowest BCUT2D eigenvalue weighted by Crippen LogP contribution is -2.19. The highest BCUT2D eigenvalue weighted by atomic mass is 16.5. The van der Waals surface area contributed by atoms with Gasteiger partial charge in [-0.15, -0.1) is 0 Å². The van der Waals surface area contributed by atoms with E-state index >= 15 is 0 Å². The molecule has 0 saturated carbocycles. The summed E-state index contributed by atoms with van der Waals surface area (Å²) in [7, 11) is 1.62. The fraction of sp³-hybridized carbons (Fsp3) is 0.188. The van der Waals surface area contributed by atoms with Crippen LogP contribution in [0.4, 0.5) is 11.6 Å². The second-order valence-corrected chi connectivity index (χ2v) is 4.74. The Hall–Kier alpha value is -2.89. The molecule has 0 radical (unpaired) electrons. The number of anilines is 2.